The van der Waals surface area contributed by atoms with Crippen molar-refractivity contribution in [1.29, 1.82) is 0 Å². The minimum Gasteiger partial charge on any atom is -0.326 e. The highest BCUT2D eigenvalue weighted by molar-refractivity contribution is 8.93. The summed E-state index contributed by atoms with van der Waals surface area (Å²) < 4.78 is 0. The molecular weight excluding hydrogens is 274 g/mol. The number of benzene rings is 1. The molecule has 0 radical (unpaired) electrons. The quantitative estimate of drug-likeness (QED) is 0.874. The van der Waals surface area contributed by atoms with E-state index in [9.17, 15) is 0 Å². The van der Waals surface area contributed by atoms with E-state index in [0.717, 1.165) is 25.7 Å². The first-order valence-electron chi connectivity index (χ1n) is 6.58. The van der Waals surface area contributed by atoms with E-state index < -0.39 is 0 Å². The topological polar surface area (TPSA) is 26.0 Å². The maximum atomic E-state index is 5.86. The van der Waals surface area contributed by atoms with Gasteiger partial charge in [0.25, 0.3) is 0 Å². The van der Waals surface area contributed by atoms with Crippen molar-refractivity contribution >= 4 is 17.0 Å². The zero-order chi connectivity index (χ0) is 12.1. The van der Waals surface area contributed by atoms with Crippen LogP contribution in [-0.2, 0) is 32.2 Å². The van der Waals surface area contributed by atoms with Crippen LogP contribution < -0.4 is 5.73 Å². The van der Waals surface area contributed by atoms with Crippen LogP contribution in [0, 0.1) is 0 Å². The molecule has 0 aliphatic rings. The Balaban J connectivity index is 0.00000256. The fourth-order valence-electron chi connectivity index (χ4n) is 2.76. The molecular formula is C15H26BrN. The molecule has 98 valence electrons. The number of rotatable bonds is 5. The summed E-state index contributed by atoms with van der Waals surface area (Å²) in [5.74, 6) is 0. The third-order valence-electron chi connectivity index (χ3n) is 3.51. The van der Waals surface area contributed by atoms with Crippen LogP contribution in [0.1, 0.15) is 55.5 Å². The van der Waals surface area contributed by atoms with Gasteiger partial charge in [-0.25, -0.2) is 0 Å². The molecule has 0 amide bonds. The molecule has 1 aromatic rings. The molecule has 0 saturated carbocycles. The Hall–Kier alpha value is -0.340. The standard InChI is InChI=1S/C15H25N.BrH/c1-5-11-9-12(10-16)14(7-3)15(8-4)13(11)6-2;/h9H,5-8,10,16H2,1-4H3;1H. The second-order valence-corrected chi connectivity index (χ2v) is 4.25. The monoisotopic (exact) mass is 299 g/mol. The molecule has 0 fully saturated rings. The lowest BCUT2D eigenvalue weighted by Gasteiger charge is -2.19. The van der Waals surface area contributed by atoms with Gasteiger partial charge in [-0.3, -0.25) is 0 Å². The van der Waals surface area contributed by atoms with Crippen molar-refractivity contribution in [1.82, 2.24) is 0 Å². The number of hydrogen-bond acceptors (Lipinski definition) is 1. The third kappa shape index (κ3) is 3.32. The second-order valence-electron chi connectivity index (χ2n) is 4.25. The van der Waals surface area contributed by atoms with Crippen LogP contribution in [0.2, 0.25) is 0 Å². The lowest BCUT2D eigenvalue weighted by Crippen LogP contribution is -2.09. The van der Waals surface area contributed by atoms with E-state index in [1.54, 1.807) is 11.1 Å². The maximum absolute atomic E-state index is 5.86. The predicted octanol–water partition coefficient (Wildman–Crippen LogP) is 3.97. The van der Waals surface area contributed by atoms with Crippen LogP contribution >= 0.6 is 17.0 Å². The van der Waals surface area contributed by atoms with E-state index in [4.69, 9.17) is 5.73 Å². The van der Waals surface area contributed by atoms with Crippen LogP contribution in [0.3, 0.4) is 0 Å². The normalized spacial score (nSPS) is 10.2. The molecule has 2 N–H and O–H groups in total. The van der Waals surface area contributed by atoms with Crippen LogP contribution in [-0.4, -0.2) is 0 Å². The Morgan fingerprint density at radius 1 is 0.765 bits per heavy atom. The zero-order valence-electron chi connectivity index (χ0n) is 11.6. The minimum absolute atomic E-state index is 0. The molecule has 0 spiro atoms. The molecule has 1 rings (SSSR count). The summed E-state index contributed by atoms with van der Waals surface area (Å²) in [6, 6.07) is 2.33. The summed E-state index contributed by atoms with van der Waals surface area (Å²) >= 11 is 0. The highest BCUT2D eigenvalue weighted by Crippen LogP contribution is 2.25. The molecule has 0 saturated heterocycles. The van der Waals surface area contributed by atoms with Crippen LogP contribution in [0.15, 0.2) is 6.07 Å². The summed E-state index contributed by atoms with van der Waals surface area (Å²) in [4.78, 5) is 0. The average Bonchev–Trinajstić information content (AvgIpc) is 2.35. The summed E-state index contributed by atoms with van der Waals surface area (Å²) in [6.07, 6.45) is 4.50. The predicted molar refractivity (Wildman–Crippen MR) is 82.2 cm³/mol. The van der Waals surface area contributed by atoms with Gasteiger partial charge >= 0.3 is 0 Å². The summed E-state index contributed by atoms with van der Waals surface area (Å²) in [5, 5.41) is 0. The molecule has 1 aromatic carbocycles. The van der Waals surface area contributed by atoms with Gasteiger partial charge in [-0.05, 0) is 53.5 Å². The molecule has 0 unspecified atom stereocenters. The van der Waals surface area contributed by atoms with Crippen molar-refractivity contribution in [2.45, 2.75) is 59.9 Å². The number of nitrogens with two attached hydrogens (primary N) is 1. The van der Waals surface area contributed by atoms with Gasteiger partial charge in [-0.1, -0.05) is 33.8 Å². The van der Waals surface area contributed by atoms with Crippen molar-refractivity contribution < 1.29 is 0 Å². The Morgan fingerprint density at radius 3 is 1.59 bits per heavy atom. The highest BCUT2D eigenvalue weighted by Gasteiger charge is 2.12. The molecule has 0 atom stereocenters. The summed E-state index contributed by atoms with van der Waals surface area (Å²) in [7, 11) is 0. The number of hydrogen-bond donors (Lipinski definition) is 1. The molecule has 0 aliphatic heterocycles. The van der Waals surface area contributed by atoms with E-state index >= 15 is 0 Å². The Kier molecular flexibility index (Phi) is 7.73. The fraction of sp³-hybridized carbons (Fsp3) is 0.600. The first-order chi connectivity index (χ1) is 7.73. The molecule has 17 heavy (non-hydrogen) atoms. The molecule has 0 aliphatic carbocycles. The largest absolute Gasteiger partial charge is 0.326 e. The van der Waals surface area contributed by atoms with Crippen LogP contribution in [0.25, 0.3) is 0 Å². The van der Waals surface area contributed by atoms with Crippen LogP contribution in [0.4, 0.5) is 0 Å². The van der Waals surface area contributed by atoms with Gasteiger partial charge in [0.15, 0.2) is 0 Å². The Morgan fingerprint density at radius 2 is 1.24 bits per heavy atom. The van der Waals surface area contributed by atoms with Gasteiger partial charge < -0.3 is 5.73 Å². The molecule has 0 aromatic heterocycles. The van der Waals surface area contributed by atoms with Gasteiger partial charge in [0, 0.05) is 6.54 Å². The van der Waals surface area contributed by atoms with E-state index in [0.29, 0.717) is 6.54 Å². The lowest BCUT2D eigenvalue weighted by molar-refractivity contribution is 0.905. The van der Waals surface area contributed by atoms with Gasteiger partial charge in [0.2, 0.25) is 0 Å². The summed E-state index contributed by atoms with van der Waals surface area (Å²) in [5.41, 5.74) is 13.3. The smallest absolute Gasteiger partial charge is 0.0181 e. The van der Waals surface area contributed by atoms with Gasteiger partial charge in [0.05, 0.1) is 0 Å². The Bertz CT molecular complexity index is 328. The van der Waals surface area contributed by atoms with E-state index in [1.165, 1.54) is 16.7 Å². The van der Waals surface area contributed by atoms with Crippen LogP contribution in [0.5, 0.6) is 0 Å². The van der Waals surface area contributed by atoms with Crippen molar-refractivity contribution in [2.75, 3.05) is 0 Å². The number of halogens is 1. The molecule has 0 bridgehead atoms. The Labute approximate surface area is 117 Å². The molecule has 0 heterocycles. The highest BCUT2D eigenvalue weighted by atomic mass is 79.9. The second kappa shape index (κ2) is 7.88. The van der Waals surface area contributed by atoms with Gasteiger partial charge in [-0.2, -0.15) is 0 Å². The average molecular weight is 300 g/mol. The molecule has 2 heteroatoms. The van der Waals surface area contributed by atoms with E-state index in [2.05, 4.69) is 33.8 Å². The van der Waals surface area contributed by atoms with Crippen molar-refractivity contribution in [2.24, 2.45) is 5.73 Å². The van der Waals surface area contributed by atoms with Gasteiger partial charge in [-0.15, -0.1) is 17.0 Å². The minimum atomic E-state index is 0. The van der Waals surface area contributed by atoms with E-state index in [1.807, 2.05) is 0 Å². The first-order valence-corrected chi connectivity index (χ1v) is 6.58. The van der Waals surface area contributed by atoms with Crippen molar-refractivity contribution in [3.63, 3.8) is 0 Å². The SMILES string of the molecule is Br.CCc1cc(CN)c(CC)c(CC)c1CC. The zero-order valence-corrected chi connectivity index (χ0v) is 13.3. The molecule has 1 nitrogen and oxygen atoms in total. The number of aryl methyl sites for hydroxylation is 1. The van der Waals surface area contributed by atoms with Crippen molar-refractivity contribution in [3.05, 3.63) is 33.9 Å². The maximum Gasteiger partial charge on any atom is 0.0181 e. The first kappa shape index (κ1) is 16.7. The fourth-order valence-corrected chi connectivity index (χ4v) is 2.76. The summed E-state index contributed by atoms with van der Waals surface area (Å²) in [6.45, 7) is 9.66. The third-order valence-corrected chi connectivity index (χ3v) is 3.51. The van der Waals surface area contributed by atoms with E-state index in [-0.39, 0.29) is 17.0 Å². The van der Waals surface area contributed by atoms with Crippen molar-refractivity contribution in [3.8, 4) is 0 Å². The van der Waals surface area contributed by atoms with Gasteiger partial charge in [0.1, 0.15) is 0 Å². The lowest BCUT2D eigenvalue weighted by atomic mass is 9.87.